The summed E-state index contributed by atoms with van der Waals surface area (Å²) in [5.41, 5.74) is 2.50. The van der Waals surface area contributed by atoms with Crippen LogP contribution in [0.25, 0.3) is 10.9 Å². The molecule has 1 aliphatic rings. The molecule has 3 rings (SSSR count). The van der Waals surface area contributed by atoms with E-state index in [2.05, 4.69) is 34.8 Å². The predicted octanol–water partition coefficient (Wildman–Crippen LogP) is 2.92. The van der Waals surface area contributed by atoms with Gasteiger partial charge in [0.05, 0.1) is 24.9 Å². The molecule has 1 unspecified atom stereocenters. The number of nitrogens with one attached hydrogen (secondary N) is 3. The number of nitrogens with zero attached hydrogens (tertiary/aromatic N) is 2. The predicted molar refractivity (Wildman–Crippen MR) is 158 cm³/mol. The summed E-state index contributed by atoms with van der Waals surface area (Å²) in [5, 5.41) is 9.59. The van der Waals surface area contributed by atoms with Gasteiger partial charge in [0.2, 0.25) is 17.7 Å². The zero-order valence-corrected chi connectivity index (χ0v) is 24.8. The minimum atomic E-state index is -0.779. The van der Waals surface area contributed by atoms with Gasteiger partial charge < -0.3 is 25.6 Å². The standard InChI is InChI=1S/C29H41N5O5S/c1-6-18(2)16-24(33-28(37)21-10-11-25(35)31-21)34(17-26(36)32-22(13-15-40-5)29(38)39-4)23-12-14-30-20-9-7-8-19(3)27(20)23/h7-9,12,14,18,21-22,24H,6,10-11,13,15-17H2,1-5H3,(H,31,35)(H,32,36)(H,33,37)/t18-,21-,22-,24?/m0/s1. The lowest BCUT2D eigenvalue weighted by atomic mass is 10.00. The largest absolute Gasteiger partial charge is 0.467 e. The number of thioether (sulfide) groups is 1. The maximum Gasteiger partial charge on any atom is 0.328 e. The molecule has 1 fully saturated rings. The number of benzene rings is 1. The molecule has 2 heterocycles. The molecular formula is C29H41N5O5S. The third-order valence-corrected chi connectivity index (χ3v) is 7.97. The number of pyridine rings is 1. The lowest BCUT2D eigenvalue weighted by Crippen LogP contribution is -2.56. The average molecular weight is 572 g/mol. The molecule has 218 valence electrons. The van der Waals surface area contributed by atoms with E-state index in [1.807, 2.05) is 42.3 Å². The number of aromatic nitrogens is 1. The third kappa shape index (κ3) is 8.09. The number of anilines is 1. The summed E-state index contributed by atoms with van der Waals surface area (Å²) in [6.07, 6.45) is 5.68. The number of rotatable bonds is 14. The van der Waals surface area contributed by atoms with Crippen molar-refractivity contribution in [2.24, 2.45) is 5.92 Å². The van der Waals surface area contributed by atoms with Crippen LogP contribution in [-0.4, -0.2) is 72.6 Å². The Morgan fingerprint density at radius 2 is 2.02 bits per heavy atom. The molecule has 2 aromatic rings. The van der Waals surface area contributed by atoms with E-state index in [9.17, 15) is 19.2 Å². The van der Waals surface area contributed by atoms with Crippen molar-refractivity contribution in [2.45, 2.75) is 71.1 Å². The first kappa shape index (κ1) is 31.2. The van der Waals surface area contributed by atoms with Crippen molar-refractivity contribution < 1.29 is 23.9 Å². The highest BCUT2D eigenvalue weighted by atomic mass is 32.2. The number of methoxy groups -OCH3 is 1. The molecule has 1 aromatic carbocycles. The van der Waals surface area contributed by atoms with E-state index in [0.717, 1.165) is 28.6 Å². The molecule has 10 nitrogen and oxygen atoms in total. The summed E-state index contributed by atoms with van der Waals surface area (Å²) < 4.78 is 4.93. The fraction of sp³-hybridized carbons (Fsp3) is 0.552. The number of fused-ring (bicyclic) bond motifs is 1. The highest BCUT2D eigenvalue weighted by molar-refractivity contribution is 7.98. The molecule has 0 aliphatic carbocycles. The number of carbonyl (C=O) groups excluding carboxylic acids is 4. The molecule has 3 amide bonds. The Labute approximate surface area is 240 Å². The highest BCUT2D eigenvalue weighted by Gasteiger charge is 2.33. The Morgan fingerprint density at radius 3 is 2.67 bits per heavy atom. The zero-order chi connectivity index (χ0) is 29.2. The molecular weight excluding hydrogens is 530 g/mol. The van der Waals surface area contributed by atoms with Crippen molar-refractivity contribution in [1.82, 2.24) is 20.9 Å². The van der Waals surface area contributed by atoms with Gasteiger partial charge in [0.15, 0.2) is 0 Å². The minimum Gasteiger partial charge on any atom is -0.467 e. The first-order valence-electron chi connectivity index (χ1n) is 13.7. The van der Waals surface area contributed by atoms with Gasteiger partial charge in [0.1, 0.15) is 18.2 Å². The Hall–Kier alpha value is -3.34. The Balaban J connectivity index is 2.02. The second-order valence-electron chi connectivity index (χ2n) is 10.3. The molecule has 40 heavy (non-hydrogen) atoms. The van der Waals surface area contributed by atoms with Crippen LogP contribution in [0.15, 0.2) is 30.5 Å². The SMILES string of the molecule is CC[C@H](C)CC(NC(=O)[C@@H]1CCC(=O)N1)N(CC(=O)N[C@@H](CCSC)C(=O)OC)c1ccnc2cccc(C)c12. The number of hydrogen-bond acceptors (Lipinski definition) is 8. The van der Waals surface area contributed by atoms with Crippen LogP contribution in [-0.2, 0) is 23.9 Å². The fourth-order valence-electron chi connectivity index (χ4n) is 4.88. The molecule has 0 bridgehead atoms. The second kappa shape index (κ2) is 14.9. The molecule has 0 radical (unpaired) electrons. The van der Waals surface area contributed by atoms with E-state index in [1.54, 1.807) is 18.0 Å². The number of ether oxygens (including phenoxy) is 1. The van der Waals surface area contributed by atoms with Crippen molar-refractivity contribution in [3.05, 3.63) is 36.0 Å². The first-order chi connectivity index (χ1) is 19.2. The van der Waals surface area contributed by atoms with Crippen LogP contribution in [0.1, 0.15) is 51.5 Å². The summed E-state index contributed by atoms with van der Waals surface area (Å²) in [6, 6.07) is 6.28. The molecule has 1 saturated heterocycles. The van der Waals surface area contributed by atoms with E-state index < -0.39 is 24.2 Å². The first-order valence-corrected chi connectivity index (χ1v) is 15.1. The van der Waals surface area contributed by atoms with Crippen LogP contribution in [0.5, 0.6) is 0 Å². The summed E-state index contributed by atoms with van der Waals surface area (Å²) in [5.74, 6) is -0.393. The van der Waals surface area contributed by atoms with E-state index in [-0.39, 0.29) is 30.2 Å². The molecule has 1 aliphatic heterocycles. The monoisotopic (exact) mass is 571 g/mol. The van der Waals surface area contributed by atoms with Gasteiger partial charge in [-0.25, -0.2) is 4.79 Å². The maximum absolute atomic E-state index is 13.5. The summed E-state index contributed by atoms with van der Waals surface area (Å²) in [6.45, 7) is 6.05. The third-order valence-electron chi connectivity index (χ3n) is 7.33. The average Bonchev–Trinajstić information content (AvgIpc) is 3.39. The van der Waals surface area contributed by atoms with Crippen LogP contribution >= 0.6 is 11.8 Å². The summed E-state index contributed by atoms with van der Waals surface area (Å²) in [4.78, 5) is 57.5. The van der Waals surface area contributed by atoms with Crippen molar-refractivity contribution in [3.63, 3.8) is 0 Å². The highest BCUT2D eigenvalue weighted by Crippen LogP contribution is 2.31. The van der Waals surface area contributed by atoms with Crippen molar-refractivity contribution in [2.75, 3.05) is 30.6 Å². The van der Waals surface area contributed by atoms with E-state index in [0.29, 0.717) is 31.4 Å². The molecule has 0 saturated carbocycles. The van der Waals surface area contributed by atoms with Gasteiger partial charge in [-0.2, -0.15) is 11.8 Å². The maximum atomic E-state index is 13.5. The van der Waals surface area contributed by atoms with Gasteiger partial charge in [0, 0.05) is 18.0 Å². The van der Waals surface area contributed by atoms with Crippen molar-refractivity contribution in [1.29, 1.82) is 0 Å². The van der Waals surface area contributed by atoms with Crippen LogP contribution < -0.4 is 20.9 Å². The molecule has 4 atom stereocenters. The molecule has 11 heteroatoms. The van der Waals surface area contributed by atoms with Gasteiger partial charge in [-0.15, -0.1) is 0 Å². The number of carbonyl (C=O) groups is 4. The van der Waals surface area contributed by atoms with Gasteiger partial charge in [-0.05, 0) is 61.8 Å². The van der Waals surface area contributed by atoms with E-state index >= 15 is 0 Å². The quantitative estimate of drug-likeness (QED) is 0.233. The number of hydrogen-bond donors (Lipinski definition) is 3. The van der Waals surface area contributed by atoms with Crippen molar-refractivity contribution >= 4 is 52.0 Å². The topological polar surface area (TPSA) is 130 Å². The van der Waals surface area contributed by atoms with Crippen LogP contribution in [0.3, 0.4) is 0 Å². The van der Waals surface area contributed by atoms with Crippen LogP contribution in [0.2, 0.25) is 0 Å². The van der Waals surface area contributed by atoms with Crippen LogP contribution in [0.4, 0.5) is 5.69 Å². The lowest BCUT2D eigenvalue weighted by Gasteiger charge is -2.36. The second-order valence-corrected chi connectivity index (χ2v) is 11.3. The van der Waals surface area contributed by atoms with Crippen molar-refractivity contribution in [3.8, 4) is 0 Å². The van der Waals surface area contributed by atoms with Gasteiger partial charge >= 0.3 is 5.97 Å². The minimum absolute atomic E-state index is 0.112. The normalized spacial score (nSPS) is 17.0. The lowest BCUT2D eigenvalue weighted by molar-refractivity contribution is -0.145. The molecule has 0 spiro atoms. The number of amides is 3. The van der Waals surface area contributed by atoms with Gasteiger partial charge in [-0.1, -0.05) is 32.4 Å². The van der Waals surface area contributed by atoms with E-state index in [4.69, 9.17) is 4.74 Å². The molecule has 3 N–H and O–H groups in total. The number of aryl methyl sites for hydroxylation is 1. The van der Waals surface area contributed by atoms with Gasteiger partial charge in [0.25, 0.3) is 0 Å². The van der Waals surface area contributed by atoms with Crippen LogP contribution in [0, 0.1) is 12.8 Å². The summed E-state index contributed by atoms with van der Waals surface area (Å²) in [7, 11) is 1.30. The zero-order valence-electron chi connectivity index (χ0n) is 24.0. The Bertz CT molecular complexity index is 1200. The Kier molecular flexibility index (Phi) is 11.6. The van der Waals surface area contributed by atoms with E-state index in [1.165, 1.54) is 7.11 Å². The van der Waals surface area contributed by atoms with Gasteiger partial charge in [-0.3, -0.25) is 19.4 Å². The molecule has 1 aromatic heterocycles. The Morgan fingerprint density at radius 1 is 1.25 bits per heavy atom. The summed E-state index contributed by atoms with van der Waals surface area (Å²) >= 11 is 1.58. The smallest absolute Gasteiger partial charge is 0.328 e. The number of esters is 1. The fourth-order valence-corrected chi connectivity index (χ4v) is 5.35.